The number of nitrogens with zero attached hydrogens (tertiary/aromatic N) is 2. The van der Waals surface area contributed by atoms with E-state index in [0.29, 0.717) is 23.4 Å². The van der Waals surface area contributed by atoms with Gasteiger partial charge in [-0.15, -0.1) is 0 Å². The van der Waals surface area contributed by atoms with E-state index in [-0.39, 0.29) is 11.4 Å². The monoisotopic (exact) mass is 361 g/mol. The van der Waals surface area contributed by atoms with Gasteiger partial charge in [0.15, 0.2) is 0 Å². The first kappa shape index (κ1) is 18.5. The number of hydrogen-bond donors (Lipinski definition) is 1. The number of ketones is 1. The van der Waals surface area contributed by atoms with Gasteiger partial charge in [-0.1, -0.05) is 0 Å². The normalized spacial score (nSPS) is 13.6. The maximum Gasteiger partial charge on any atom is 0.229 e. The fourth-order valence-electron chi connectivity index (χ4n) is 2.53. The van der Waals surface area contributed by atoms with Crippen molar-refractivity contribution in [2.45, 2.75) is 6.42 Å². The van der Waals surface area contributed by atoms with Gasteiger partial charge in [0.05, 0.1) is 19.1 Å². The second-order valence-electron chi connectivity index (χ2n) is 5.92. The summed E-state index contributed by atoms with van der Waals surface area (Å²) in [6, 6.07) is 5.23. The summed E-state index contributed by atoms with van der Waals surface area (Å²) in [5, 5.41) is 9.19. The van der Waals surface area contributed by atoms with Crippen LogP contribution in [0.15, 0.2) is 29.5 Å². The first-order valence-corrected chi connectivity index (χ1v) is 9.26. The van der Waals surface area contributed by atoms with Crippen molar-refractivity contribution in [2.24, 2.45) is 0 Å². The van der Waals surface area contributed by atoms with E-state index >= 15 is 0 Å². The minimum Gasteiger partial charge on any atom is -0.495 e. The lowest BCUT2D eigenvalue weighted by Gasteiger charge is -2.12. The fourth-order valence-corrected chi connectivity index (χ4v) is 3.09. The summed E-state index contributed by atoms with van der Waals surface area (Å²) >= 11 is 0. The topological polar surface area (TPSA) is 99.5 Å². The molecule has 2 rings (SSSR count). The van der Waals surface area contributed by atoms with Gasteiger partial charge in [0.2, 0.25) is 15.8 Å². The van der Waals surface area contributed by atoms with Crippen molar-refractivity contribution in [1.82, 2.24) is 4.90 Å². The number of fused-ring (bicyclic) bond motifs is 1. The minimum atomic E-state index is -3.46. The number of allylic oxidation sites excluding steroid dienone is 2. The molecule has 0 amide bonds. The van der Waals surface area contributed by atoms with Gasteiger partial charge in [-0.05, 0) is 29.3 Å². The molecule has 0 unspecified atom stereocenters. The molecule has 0 heterocycles. The van der Waals surface area contributed by atoms with Gasteiger partial charge in [-0.3, -0.25) is 9.52 Å². The van der Waals surface area contributed by atoms with Crippen molar-refractivity contribution in [3.05, 3.63) is 40.6 Å². The predicted molar refractivity (Wildman–Crippen MR) is 95.5 cm³/mol. The van der Waals surface area contributed by atoms with E-state index < -0.39 is 10.0 Å². The van der Waals surface area contributed by atoms with Crippen LogP contribution in [-0.4, -0.2) is 46.6 Å². The number of carbonyl (C=O) groups excluding carboxylic acids is 1. The number of carbonyl (C=O) groups is 1. The second-order valence-corrected chi connectivity index (χ2v) is 7.67. The van der Waals surface area contributed by atoms with Gasteiger partial charge in [-0.25, -0.2) is 8.42 Å². The molecule has 132 valence electrons. The van der Waals surface area contributed by atoms with Crippen molar-refractivity contribution in [2.75, 3.05) is 32.2 Å². The number of ether oxygens (including phenoxy) is 1. The van der Waals surface area contributed by atoms with E-state index in [9.17, 15) is 18.5 Å². The largest absolute Gasteiger partial charge is 0.495 e. The van der Waals surface area contributed by atoms with Crippen LogP contribution in [0, 0.1) is 11.3 Å². The molecule has 0 fully saturated rings. The van der Waals surface area contributed by atoms with Crippen LogP contribution in [0.1, 0.15) is 11.1 Å². The highest BCUT2D eigenvalue weighted by atomic mass is 32.2. The van der Waals surface area contributed by atoms with Crippen molar-refractivity contribution in [1.29, 1.82) is 5.26 Å². The number of Topliss-reactive ketones (excluding diaryl/α,β-unsaturated/α-hetero) is 1. The van der Waals surface area contributed by atoms with E-state index in [4.69, 9.17) is 4.74 Å². The highest BCUT2D eigenvalue weighted by Crippen LogP contribution is 2.35. The number of anilines is 1. The molecule has 1 aliphatic carbocycles. The van der Waals surface area contributed by atoms with Gasteiger partial charge >= 0.3 is 0 Å². The lowest BCUT2D eigenvalue weighted by Crippen LogP contribution is -2.11. The summed E-state index contributed by atoms with van der Waals surface area (Å²) < 4.78 is 30.6. The average molecular weight is 361 g/mol. The van der Waals surface area contributed by atoms with E-state index in [1.807, 2.05) is 6.07 Å². The van der Waals surface area contributed by atoms with Gasteiger partial charge in [0, 0.05) is 32.3 Å². The third kappa shape index (κ3) is 4.39. The lowest BCUT2D eigenvalue weighted by molar-refractivity contribution is -0.111. The standard InChI is InChI=1S/C17H19N3O4S/c1-20(2)10-14(9-18)17(21)13-5-11-7-15(19-25(4,22)23)16(24-3)8-12(11)6-13/h5,7-8,10,19H,6H2,1-4H3. The Morgan fingerprint density at radius 1 is 1.40 bits per heavy atom. The zero-order valence-corrected chi connectivity index (χ0v) is 15.3. The second kappa shape index (κ2) is 6.99. The summed E-state index contributed by atoms with van der Waals surface area (Å²) in [7, 11) is 1.44. The minimum absolute atomic E-state index is 0.0468. The van der Waals surface area contributed by atoms with Crippen LogP contribution >= 0.6 is 0 Å². The first-order chi connectivity index (χ1) is 11.6. The molecule has 0 saturated carbocycles. The van der Waals surface area contributed by atoms with Crippen LogP contribution in [0.4, 0.5) is 5.69 Å². The van der Waals surface area contributed by atoms with Crippen molar-refractivity contribution >= 4 is 27.6 Å². The van der Waals surface area contributed by atoms with Crippen molar-refractivity contribution in [3.63, 3.8) is 0 Å². The highest BCUT2D eigenvalue weighted by Gasteiger charge is 2.24. The van der Waals surface area contributed by atoms with Crippen molar-refractivity contribution in [3.8, 4) is 11.8 Å². The maximum atomic E-state index is 12.5. The summed E-state index contributed by atoms with van der Waals surface area (Å²) in [5.74, 6) is 0.0274. The molecule has 0 saturated heterocycles. The molecule has 0 aromatic heterocycles. The molecule has 0 spiro atoms. The highest BCUT2D eigenvalue weighted by molar-refractivity contribution is 7.92. The molecule has 1 N–H and O–H groups in total. The Morgan fingerprint density at radius 2 is 2.08 bits per heavy atom. The smallest absolute Gasteiger partial charge is 0.229 e. The molecule has 8 heteroatoms. The zero-order chi connectivity index (χ0) is 18.8. The number of sulfonamides is 1. The maximum absolute atomic E-state index is 12.5. The lowest BCUT2D eigenvalue weighted by atomic mass is 10.0. The van der Waals surface area contributed by atoms with E-state index in [0.717, 1.165) is 17.4 Å². The van der Waals surface area contributed by atoms with Crippen LogP contribution in [0.25, 0.3) is 6.08 Å². The number of rotatable bonds is 6. The fraction of sp³-hybridized carbons (Fsp3) is 0.294. The quantitative estimate of drug-likeness (QED) is 0.609. The van der Waals surface area contributed by atoms with Crippen molar-refractivity contribution < 1.29 is 17.9 Å². The predicted octanol–water partition coefficient (Wildman–Crippen LogP) is 1.54. The number of nitriles is 1. The number of benzene rings is 1. The Kier molecular flexibility index (Phi) is 5.18. The third-order valence-electron chi connectivity index (χ3n) is 3.51. The molecule has 1 aromatic rings. The average Bonchev–Trinajstić information content (AvgIpc) is 2.92. The summed E-state index contributed by atoms with van der Waals surface area (Å²) in [4.78, 5) is 14.2. The third-order valence-corrected chi connectivity index (χ3v) is 4.10. The van der Waals surface area contributed by atoms with Gasteiger partial charge in [0.1, 0.15) is 17.4 Å². The Hall–Kier alpha value is -2.79. The molecule has 25 heavy (non-hydrogen) atoms. The summed E-state index contributed by atoms with van der Waals surface area (Å²) in [5.41, 5.74) is 2.38. The molecule has 7 nitrogen and oxygen atoms in total. The number of nitrogens with one attached hydrogen (secondary N) is 1. The number of methoxy groups -OCH3 is 1. The molecule has 0 radical (unpaired) electrons. The summed E-state index contributed by atoms with van der Waals surface area (Å²) in [6.07, 6.45) is 4.56. The van der Waals surface area contributed by atoms with Crippen LogP contribution in [-0.2, 0) is 21.2 Å². The SMILES string of the molecule is COc1cc2c(cc1NS(C)(=O)=O)C=C(C(=O)C(C#N)=CN(C)C)C2. The van der Waals surface area contributed by atoms with E-state index in [1.165, 1.54) is 13.3 Å². The molecule has 1 aromatic carbocycles. The van der Waals surface area contributed by atoms with Crippen LogP contribution < -0.4 is 9.46 Å². The van der Waals surface area contributed by atoms with Crippen LogP contribution in [0.2, 0.25) is 0 Å². The Balaban J connectivity index is 2.40. The Morgan fingerprint density at radius 3 is 2.60 bits per heavy atom. The van der Waals surface area contributed by atoms with Crippen LogP contribution in [0.3, 0.4) is 0 Å². The molecule has 0 bridgehead atoms. The first-order valence-electron chi connectivity index (χ1n) is 7.37. The molecular formula is C17H19N3O4S. The van der Waals surface area contributed by atoms with E-state index in [2.05, 4.69) is 4.72 Å². The molecule has 0 aliphatic heterocycles. The van der Waals surface area contributed by atoms with E-state index in [1.54, 1.807) is 37.2 Å². The zero-order valence-electron chi connectivity index (χ0n) is 14.5. The van der Waals surface area contributed by atoms with Gasteiger partial charge in [0.25, 0.3) is 0 Å². The Labute approximate surface area is 147 Å². The summed E-state index contributed by atoms with van der Waals surface area (Å²) in [6.45, 7) is 0. The molecule has 0 atom stereocenters. The molecular weight excluding hydrogens is 342 g/mol. The molecule has 1 aliphatic rings. The van der Waals surface area contributed by atoms with Gasteiger partial charge in [-0.2, -0.15) is 5.26 Å². The Bertz CT molecular complexity index is 922. The van der Waals surface area contributed by atoms with Gasteiger partial charge < -0.3 is 9.64 Å². The van der Waals surface area contributed by atoms with Crippen LogP contribution in [0.5, 0.6) is 5.75 Å². The number of hydrogen-bond acceptors (Lipinski definition) is 6.